The van der Waals surface area contributed by atoms with Crippen LogP contribution < -0.4 is 9.47 Å². The molecule has 3 aliphatic rings. The summed E-state index contributed by atoms with van der Waals surface area (Å²) in [4.78, 5) is 0. The number of hydrogen-bond acceptors (Lipinski definition) is 8. The molecule has 5 rings (SSSR count). The smallest absolute Gasteiger partial charge is 0.231 e. The molecule has 166 valence electrons. The number of ether oxygens (including phenoxy) is 6. The predicted octanol–water partition coefficient (Wildman–Crippen LogP) is 2.28. The minimum atomic E-state index is -1.13. The lowest BCUT2D eigenvalue weighted by Gasteiger charge is -2.47. The van der Waals surface area contributed by atoms with Crippen LogP contribution in [0.25, 0.3) is 0 Å². The molecule has 0 aromatic heterocycles. The highest BCUT2D eigenvalue weighted by molar-refractivity contribution is 5.45. The predicted molar refractivity (Wildman–Crippen MR) is 108 cm³/mol. The van der Waals surface area contributed by atoms with Crippen molar-refractivity contribution in [3.8, 4) is 11.5 Å². The third-order valence-corrected chi connectivity index (χ3v) is 6.00. The summed E-state index contributed by atoms with van der Waals surface area (Å²) in [6, 6.07) is 11.4. The molecule has 0 bridgehead atoms. The molecule has 0 radical (unpaired) electrons. The summed E-state index contributed by atoms with van der Waals surface area (Å²) in [5, 5.41) is 20.1. The van der Waals surface area contributed by atoms with Gasteiger partial charge >= 0.3 is 0 Å². The van der Waals surface area contributed by atoms with E-state index in [1.165, 1.54) is 5.56 Å². The second-order valence-electron chi connectivity index (χ2n) is 8.08. The van der Waals surface area contributed by atoms with Crippen LogP contribution in [0.3, 0.4) is 0 Å². The Labute approximate surface area is 180 Å². The normalized spacial score (nSPS) is 30.6. The first-order valence-electron chi connectivity index (χ1n) is 10.4. The van der Waals surface area contributed by atoms with Gasteiger partial charge in [-0.3, -0.25) is 0 Å². The number of benzene rings is 2. The average molecular weight is 430 g/mol. The number of aliphatic hydroxyl groups excluding tert-OH is 2. The number of fused-ring (bicyclic) bond motifs is 2. The molecule has 8 heteroatoms. The summed E-state index contributed by atoms with van der Waals surface area (Å²) in [6.45, 7) is 4.06. The Morgan fingerprint density at radius 1 is 0.903 bits per heavy atom. The second-order valence-corrected chi connectivity index (χ2v) is 8.08. The van der Waals surface area contributed by atoms with Crippen LogP contribution in [0.5, 0.6) is 11.5 Å². The first kappa shape index (κ1) is 20.7. The highest BCUT2D eigenvalue weighted by Crippen LogP contribution is 2.41. The minimum Gasteiger partial charge on any atom is -0.454 e. The van der Waals surface area contributed by atoms with E-state index in [1.54, 1.807) is 12.1 Å². The first-order valence-corrected chi connectivity index (χ1v) is 10.4. The van der Waals surface area contributed by atoms with E-state index in [1.807, 2.05) is 38.1 Å². The SMILES string of the molecule is Cc1ccc(C2OC[C@@H]3OC(c4ccc5c(c4)OCO5)O[C@H]([C@H](O)CO)[C@@H]3O2)cc1C. The van der Waals surface area contributed by atoms with Crippen molar-refractivity contribution in [2.75, 3.05) is 20.0 Å². The third kappa shape index (κ3) is 3.91. The fourth-order valence-electron chi connectivity index (χ4n) is 4.08. The molecule has 0 aliphatic carbocycles. The number of hydrogen-bond donors (Lipinski definition) is 2. The number of rotatable bonds is 4. The summed E-state index contributed by atoms with van der Waals surface area (Å²) in [5.41, 5.74) is 3.92. The van der Waals surface area contributed by atoms with Crippen LogP contribution in [0.4, 0.5) is 0 Å². The molecule has 2 unspecified atom stereocenters. The van der Waals surface area contributed by atoms with Crippen molar-refractivity contribution in [1.82, 2.24) is 0 Å². The van der Waals surface area contributed by atoms with Crippen LogP contribution >= 0.6 is 0 Å². The lowest BCUT2D eigenvalue weighted by atomic mass is 9.99. The van der Waals surface area contributed by atoms with E-state index < -0.39 is 43.6 Å². The Kier molecular flexibility index (Phi) is 5.60. The van der Waals surface area contributed by atoms with E-state index >= 15 is 0 Å². The van der Waals surface area contributed by atoms with E-state index in [9.17, 15) is 10.2 Å². The van der Waals surface area contributed by atoms with Crippen LogP contribution in [0.2, 0.25) is 0 Å². The van der Waals surface area contributed by atoms with Gasteiger partial charge in [0.05, 0.1) is 13.2 Å². The summed E-state index contributed by atoms with van der Waals surface area (Å²) in [7, 11) is 0. The minimum absolute atomic E-state index is 0.170. The Morgan fingerprint density at radius 2 is 1.68 bits per heavy atom. The van der Waals surface area contributed by atoms with Gasteiger partial charge < -0.3 is 38.6 Å². The quantitative estimate of drug-likeness (QED) is 0.763. The fraction of sp³-hybridized carbons (Fsp3) is 0.478. The van der Waals surface area contributed by atoms with Gasteiger partial charge in [0.2, 0.25) is 6.79 Å². The molecule has 31 heavy (non-hydrogen) atoms. The van der Waals surface area contributed by atoms with Gasteiger partial charge in [0.1, 0.15) is 24.4 Å². The topological polar surface area (TPSA) is 95.8 Å². The van der Waals surface area contributed by atoms with Crippen LogP contribution in [-0.4, -0.2) is 54.6 Å². The first-order chi connectivity index (χ1) is 15.0. The van der Waals surface area contributed by atoms with Gasteiger partial charge in [-0.25, -0.2) is 0 Å². The van der Waals surface area contributed by atoms with E-state index in [-0.39, 0.29) is 13.4 Å². The van der Waals surface area contributed by atoms with Gasteiger partial charge in [-0.2, -0.15) is 0 Å². The summed E-state index contributed by atoms with van der Waals surface area (Å²) in [5.74, 6) is 1.27. The largest absolute Gasteiger partial charge is 0.454 e. The molecule has 2 N–H and O–H groups in total. The van der Waals surface area contributed by atoms with Crippen molar-refractivity contribution in [2.24, 2.45) is 0 Å². The van der Waals surface area contributed by atoms with Crippen LogP contribution in [0.1, 0.15) is 34.8 Å². The second kappa shape index (κ2) is 8.38. The molecule has 8 nitrogen and oxygen atoms in total. The number of aliphatic hydroxyl groups is 2. The van der Waals surface area contributed by atoms with Gasteiger partial charge in [-0.15, -0.1) is 0 Å². The zero-order chi connectivity index (χ0) is 21.5. The molecule has 0 saturated carbocycles. The maximum absolute atomic E-state index is 10.5. The molecule has 0 amide bonds. The van der Waals surface area contributed by atoms with Crippen molar-refractivity contribution < 1.29 is 38.6 Å². The monoisotopic (exact) mass is 430 g/mol. The zero-order valence-electron chi connectivity index (χ0n) is 17.4. The summed E-state index contributed by atoms with van der Waals surface area (Å²) < 4.78 is 35.1. The van der Waals surface area contributed by atoms with Crippen molar-refractivity contribution in [3.05, 3.63) is 58.7 Å². The van der Waals surface area contributed by atoms with E-state index in [2.05, 4.69) is 0 Å². The maximum Gasteiger partial charge on any atom is 0.231 e. The Morgan fingerprint density at radius 3 is 2.48 bits per heavy atom. The maximum atomic E-state index is 10.5. The van der Waals surface area contributed by atoms with E-state index in [4.69, 9.17) is 28.4 Å². The molecule has 2 saturated heterocycles. The van der Waals surface area contributed by atoms with Crippen LogP contribution in [-0.2, 0) is 18.9 Å². The molecule has 3 aliphatic heterocycles. The standard InChI is InChI=1S/C23H26O8/c1-12-3-4-14(7-13(12)2)22-26-10-19-21(31-22)20(16(25)9-24)30-23(29-19)15-5-6-17-18(8-15)28-11-27-17/h3-8,16,19-25H,9-11H2,1-2H3/t16-,19+,20-,21-,22?,23?/m1/s1. The highest BCUT2D eigenvalue weighted by Gasteiger charge is 2.48. The molecule has 3 heterocycles. The Hall–Kier alpha value is -2.20. The van der Waals surface area contributed by atoms with E-state index in [0.29, 0.717) is 17.1 Å². The van der Waals surface area contributed by atoms with Gasteiger partial charge in [0, 0.05) is 11.1 Å². The molecular formula is C23H26O8. The van der Waals surface area contributed by atoms with Gasteiger partial charge in [0.15, 0.2) is 24.1 Å². The molecule has 2 fully saturated rings. The molecule has 2 aromatic rings. The van der Waals surface area contributed by atoms with Crippen molar-refractivity contribution in [2.45, 2.75) is 50.8 Å². The van der Waals surface area contributed by atoms with Crippen molar-refractivity contribution >= 4 is 0 Å². The van der Waals surface area contributed by atoms with Crippen molar-refractivity contribution in [1.29, 1.82) is 0 Å². The van der Waals surface area contributed by atoms with E-state index in [0.717, 1.165) is 11.1 Å². The molecule has 0 spiro atoms. The van der Waals surface area contributed by atoms with Gasteiger partial charge in [0.25, 0.3) is 0 Å². The number of aryl methyl sites for hydroxylation is 2. The highest BCUT2D eigenvalue weighted by atomic mass is 16.8. The Balaban J connectivity index is 1.38. The lowest BCUT2D eigenvalue weighted by molar-refractivity contribution is -0.373. The fourth-order valence-corrected chi connectivity index (χ4v) is 4.08. The third-order valence-electron chi connectivity index (χ3n) is 6.00. The average Bonchev–Trinajstić information content (AvgIpc) is 3.27. The van der Waals surface area contributed by atoms with Crippen LogP contribution in [0.15, 0.2) is 36.4 Å². The van der Waals surface area contributed by atoms with Crippen molar-refractivity contribution in [3.63, 3.8) is 0 Å². The van der Waals surface area contributed by atoms with Gasteiger partial charge in [-0.1, -0.05) is 18.2 Å². The Bertz CT molecular complexity index is 947. The van der Waals surface area contributed by atoms with Crippen LogP contribution in [0, 0.1) is 13.8 Å². The van der Waals surface area contributed by atoms with Gasteiger partial charge in [-0.05, 0) is 43.2 Å². The molecule has 2 aromatic carbocycles. The summed E-state index contributed by atoms with van der Waals surface area (Å²) >= 11 is 0. The molecule has 6 atom stereocenters. The summed E-state index contributed by atoms with van der Waals surface area (Å²) in [6.07, 6.45) is -4.38. The zero-order valence-corrected chi connectivity index (χ0v) is 17.4. The molecular weight excluding hydrogens is 404 g/mol. The lowest BCUT2D eigenvalue weighted by Crippen LogP contribution is -2.58.